The molecule has 0 aromatic carbocycles. The van der Waals surface area contributed by atoms with E-state index in [-0.39, 0.29) is 22.8 Å². The van der Waals surface area contributed by atoms with Crippen molar-refractivity contribution in [2.45, 2.75) is 0 Å². The normalized spacial score (nSPS) is 6.00. The van der Waals surface area contributed by atoms with Crippen LogP contribution in [0.25, 0.3) is 0 Å². The lowest BCUT2D eigenvalue weighted by Gasteiger charge is -1.90. The van der Waals surface area contributed by atoms with E-state index in [9.17, 15) is 0 Å². The molecule has 3 heteroatoms. The summed E-state index contributed by atoms with van der Waals surface area (Å²) >= 11 is 0. The first-order valence-electron chi connectivity index (χ1n) is 1.34. The average molecular weight is 107 g/mol. The van der Waals surface area contributed by atoms with Gasteiger partial charge in [0.1, 0.15) is 0 Å². The third-order valence-corrected chi connectivity index (χ3v) is 0. The van der Waals surface area contributed by atoms with Crippen LogP contribution in [0.2, 0.25) is 0 Å². The van der Waals surface area contributed by atoms with Gasteiger partial charge in [0.05, 0.1) is 0 Å². The average Bonchev–Trinajstić information content (AvgIpc) is 0.811. The zero-order valence-corrected chi connectivity index (χ0v) is 3.95. The molecule has 0 heterocycles. The first kappa shape index (κ1) is 16.1. The van der Waals surface area contributed by atoms with Gasteiger partial charge < -0.3 is 10.4 Å². The molecule has 0 saturated carbocycles. The van der Waals surface area contributed by atoms with Crippen molar-refractivity contribution in [3.05, 3.63) is 0 Å². The standard InChI is InChI=1S/C3H9N.Al.H2O.3H/c1-4(2)3;;;;;/h1-3H3;;1H2;;;. The van der Waals surface area contributed by atoms with Crippen LogP contribution in [0.4, 0.5) is 0 Å². The van der Waals surface area contributed by atoms with E-state index in [0.29, 0.717) is 0 Å². The molecule has 0 radical (unpaired) electrons. The summed E-state index contributed by atoms with van der Waals surface area (Å²) in [4.78, 5) is 2.00. The van der Waals surface area contributed by atoms with Gasteiger partial charge in [0.15, 0.2) is 17.4 Å². The van der Waals surface area contributed by atoms with Crippen molar-refractivity contribution < 1.29 is 5.48 Å². The zero-order valence-electron chi connectivity index (χ0n) is 3.95. The van der Waals surface area contributed by atoms with Gasteiger partial charge in [-0.1, -0.05) is 0 Å². The van der Waals surface area contributed by atoms with E-state index >= 15 is 0 Å². The Kier molecular flexibility index (Phi) is 24.3. The van der Waals surface area contributed by atoms with E-state index in [0.717, 1.165) is 0 Å². The molecule has 0 rings (SSSR count). The van der Waals surface area contributed by atoms with Crippen molar-refractivity contribution in [2.24, 2.45) is 0 Å². The van der Waals surface area contributed by atoms with Crippen molar-refractivity contribution in [2.75, 3.05) is 21.1 Å². The molecule has 40 valence electrons. The lowest BCUT2D eigenvalue weighted by molar-refractivity contribution is 0.505. The molecule has 0 amide bonds. The van der Waals surface area contributed by atoms with E-state index in [1.54, 1.807) is 0 Å². The van der Waals surface area contributed by atoms with E-state index in [1.807, 2.05) is 26.0 Å². The Hall–Kier alpha value is 0.452. The summed E-state index contributed by atoms with van der Waals surface area (Å²) in [6.07, 6.45) is 0. The summed E-state index contributed by atoms with van der Waals surface area (Å²) in [5, 5.41) is 0. The van der Waals surface area contributed by atoms with E-state index < -0.39 is 0 Å². The molecule has 0 unspecified atom stereocenters. The Balaban J connectivity index is -0.0000000450. The molecule has 0 aromatic rings. The van der Waals surface area contributed by atoms with Crippen LogP contribution in [0.1, 0.15) is 0 Å². The van der Waals surface area contributed by atoms with Crippen molar-refractivity contribution in [3.8, 4) is 0 Å². The first-order valence-corrected chi connectivity index (χ1v) is 1.34. The third kappa shape index (κ3) is 259. The highest BCUT2D eigenvalue weighted by Gasteiger charge is 1.58. The number of nitrogens with zero attached hydrogens (tertiary/aromatic N) is 1. The predicted molar refractivity (Wildman–Crippen MR) is 33.2 cm³/mol. The zero-order chi connectivity index (χ0) is 3.58. The van der Waals surface area contributed by atoms with Crippen LogP contribution in [0.5, 0.6) is 0 Å². The molecule has 0 saturated heterocycles. The van der Waals surface area contributed by atoms with Gasteiger partial charge >= 0.3 is 0 Å². The van der Waals surface area contributed by atoms with Crippen molar-refractivity contribution in [3.63, 3.8) is 0 Å². The van der Waals surface area contributed by atoms with Gasteiger partial charge in [-0.3, -0.25) is 0 Å². The molecular weight excluding hydrogens is 93.0 g/mol. The fraction of sp³-hybridized carbons (Fsp3) is 1.00. The second kappa shape index (κ2) is 9.07. The van der Waals surface area contributed by atoms with E-state index in [1.165, 1.54) is 0 Å². The largest absolute Gasteiger partial charge is 0.412 e. The fourth-order valence-electron chi connectivity index (χ4n) is 0. The van der Waals surface area contributed by atoms with Gasteiger partial charge in [-0.05, 0) is 21.1 Å². The monoisotopic (exact) mass is 107 g/mol. The minimum Gasteiger partial charge on any atom is -0.412 e. The molecule has 2 N–H and O–H groups in total. The highest BCUT2D eigenvalue weighted by atomic mass is 27.0. The Morgan fingerprint density at radius 3 is 1.00 bits per heavy atom. The highest BCUT2D eigenvalue weighted by molar-refractivity contribution is 5.75. The number of hydrogen-bond donors (Lipinski definition) is 0. The van der Waals surface area contributed by atoms with Gasteiger partial charge in [0.25, 0.3) is 0 Å². The van der Waals surface area contributed by atoms with Crippen LogP contribution in [0.3, 0.4) is 0 Å². The van der Waals surface area contributed by atoms with Crippen LogP contribution in [0, 0.1) is 0 Å². The molecule has 0 spiro atoms. The molecule has 0 aliphatic rings. The van der Waals surface area contributed by atoms with Gasteiger partial charge in [-0.2, -0.15) is 0 Å². The molecule has 0 aromatic heterocycles. The van der Waals surface area contributed by atoms with Crippen LogP contribution in [-0.2, 0) is 0 Å². The summed E-state index contributed by atoms with van der Waals surface area (Å²) in [6.45, 7) is 0. The SMILES string of the molecule is CN(C)C.O.[AlH3]. The second-order valence-corrected chi connectivity index (χ2v) is 1.34. The summed E-state index contributed by atoms with van der Waals surface area (Å²) in [6, 6.07) is 0. The molecule has 0 atom stereocenters. The Morgan fingerprint density at radius 1 is 1.00 bits per heavy atom. The summed E-state index contributed by atoms with van der Waals surface area (Å²) in [7, 11) is 6.00. The number of hydrogen-bond acceptors (Lipinski definition) is 1. The summed E-state index contributed by atoms with van der Waals surface area (Å²) in [5.74, 6) is 0. The molecule has 0 fully saturated rings. The molecule has 0 bridgehead atoms. The molecule has 2 nitrogen and oxygen atoms in total. The first-order chi connectivity index (χ1) is 1.73. The maximum Gasteiger partial charge on any atom is 0.187 e. The summed E-state index contributed by atoms with van der Waals surface area (Å²) < 4.78 is 0. The Labute approximate surface area is 49.6 Å². The minimum absolute atomic E-state index is 0. The van der Waals surface area contributed by atoms with Crippen LogP contribution in [0.15, 0.2) is 0 Å². The topological polar surface area (TPSA) is 34.7 Å². The minimum atomic E-state index is 0. The van der Waals surface area contributed by atoms with Gasteiger partial charge in [0.2, 0.25) is 0 Å². The van der Waals surface area contributed by atoms with Gasteiger partial charge in [-0.15, -0.1) is 0 Å². The van der Waals surface area contributed by atoms with Crippen molar-refractivity contribution in [1.29, 1.82) is 0 Å². The Morgan fingerprint density at radius 2 is 1.00 bits per heavy atom. The van der Waals surface area contributed by atoms with Gasteiger partial charge in [0, 0.05) is 0 Å². The highest BCUT2D eigenvalue weighted by Crippen LogP contribution is 1.47. The lowest BCUT2D eigenvalue weighted by Crippen LogP contribution is -1.99. The maximum absolute atomic E-state index is 2.00. The molecule has 0 aliphatic heterocycles. The van der Waals surface area contributed by atoms with Crippen LogP contribution >= 0.6 is 0 Å². The Bertz CT molecular complexity index is 15.5. The van der Waals surface area contributed by atoms with Crippen LogP contribution in [-0.4, -0.2) is 48.9 Å². The second-order valence-electron chi connectivity index (χ2n) is 1.34. The number of rotatable bonds is 0. The molecule has 0 aliphatic carbocycles. The van der Waals surface area contributed by atoms with Crippen molar-refractivity contribution >= 4 is 17.4 Å². The third-order valence-electron chi connectivity index (χ3n) is 0. The quantitative estimate of drug-likeness (QED) is 0.335. The summed E-state index contributed by atoms with van der Waals surface area (Å²) in [5.41, 5.74) is 0. The van der Waals surface area contributed by atoms with Crippen LogP contribution < -0.4 is 0 Å². The predicted octanol–water partition coefficient (Wildman–Crippen LogP) is -1.83. The lowest BCUT2D eigenvalue weighted by atomic mass is 11.0. The van der Waals surface area contributed by atoms with Crippen molar-refractivity contribution in [1.82, 2.24) is 4.90 Å². The molecule has 6 heavy (non-hydrogen) atoms. The van der Waals surface area contributed by atoms with E-state index in [2.05, 4.69) is 0 Å². The van der Waals surface area contributed by atoms with Gasteiger partial charge in [-0.25, -0.2) is 0 Å². The maximum atomic E-state index is 2.00. The van der Waals surface area contributed by atoms with E-state index in [4.69, 9.17) is 0 Å². The smallest absolute Gasteiger partial charge is 0.187 e. The molecular formula is C3H14AlNO. The fourth-order valence-corrected chi connectivity index (χ4v) is 0.